The van der Waals surface area contributed by atoms with Gasteiger partial charge in [-0.05, 0) is 24.0 Å². The van der Waals surface area contributed by atoms with Gasteiger partial charge < -0.3 is 10.1 Å². The molecule has 0 aliphatic rings. The molecule has 1 unspecified atom stereocenters. The first-order valence-corrected chi connectivity index (χ1v) is 7.56. The minimum Gasteiger partial charge on any atom is -0.496 e. The van der Waals surface area contributed by atoms with Gasteiger partial charge in [-0.1, -0.05) is 45.7 Å². The van der Waals surface area contributed by atoms with Crippen molar-refractivity contribution in [1.29, 1.82) is 0 Å². The van der Waals surface area contributed by atoms with E-state index in [1.807, 2.05) is 19.1 Å². The second-order valence-electron chi connectivity index (χ2n) is 5.21. The predicted molar refractivity (Wildman–Crippen MR) is 83.1 cm³/mol. The summed E-state index contributed by atoms with van der Waals surface area (Å²) in [4.78, 5) is 11.5. The first-order chi connectivity index (χ1) is 9.63. The number of hydrogen-bond donors (Lipinski definition) is 1. The molecule has 112 valence electrons. The molecule has 0 fully saturated rings. The highest BCUT2D eigenvalue weighted by Gasteiger charge is 2.16. The van der Waals surface area contributed by atoms with Gasteiger partial charge in [0.1, 0.15) is 5.75 Å². The second kappa shape index (κ2) is 8.62. The van der Waals surface area contributed by atoms with Crippen molar-refractivity contribution >= 4 is 5.91 Å². The van der Waals surface area contributed by atoms with Crippen LogP contribution >= 0.6 is 0 Å². The smallest absolute Gasteiger partial charge is 0.219 e. The molecule has 0 aliphatic carbocycles. The zero-order valence-corrected chi connectivity index (χ0v) is 13.2. The van der Waals surface area contributed by atoms with Gasteiger partial charge in [-0.2, -0.15) is 0 Å². The van der Waals surface area contributed by atoms with Gasteiger partial charge in [-0.3, -0.25) is 4.79 Å². The van der Waals surface area contributed by atoms with E-state index in [4.69, 9.17) is 4.74 Å². The number of carbonyl (C=O) groups excluding carboxylic acids is 1. The van der Waals surface area contributed by atoms with E-state index in [0.29, 0.717) is 18.9 Å². The van der Waals surface area contributed by atoms with Crippen LogP contribution in [0, 0.1) is 0 Å². The third-order valence-corrected chi connectivity index (χ3v) is 3.66. The molecule has 3 nitrogen and oxygen atoms in total. The molecule has 1 amide bonds. The molecule has 1 aromatic carbocycles. The fourth-order valence-electron chi connectivity index (χ4n) is 2.45. The van der Waals surface area contributed by atoms with Gasteiger partial charge in [-0.15, -0.1) is 0 Å². The van der Waals surface area contributed by atoms with Gasteiger partial charge in [0.05, 0.1) is 7.11 Å². The van der Waals surface area contributed by atoms with Crippen molar-refractivity contribution in [3.05, 3.63) is 29.3 Å². The van der Waals surface area contributed by atoms with Crippen LogP contribution in [-0.2, 0) is 11.3 Å². The Bertz CT molecular complexity index is 429. The molecule has 1 rings (SSSR count). The molecular weight excluding hydrogens is 250 g/mol. The molecule has 0 radical (unpaired) electrons. The minimum atomic E-state index is 0.0833. The maximum atomic E-state index is 11.5. The van der Waals surface area contributed by atoms with E-state index in [9.17, 15) is 4.79 Å². The molecule has 0 bridgehead atoms. The standard InChI is InChI=1S/C17H27NO2/c1-5-7-9-13(3)17-14(12-18-16(19)6-2)10-8-11-15(17)20-4/h8,10-11,13H,5-7,9,12H2,1-4H3,(H,18,19). The maximum Gasteiger partial charge on any atom is 0.219 e. The molecule has 0 spiro atoms. The lowest BCUT2D eigenvalue weighted by atomic mass is 9.90. The highest BCUT2D eigenvalue weighted by atomic mass is 16.5. The number of ether oxygens (including phenoxy) is 1. The fourth-order valence-corrected chi connectivity index (χ4v) is 2.45. The topological polar surface area (TPSA) is 38.3 Å². The number of methoxy groups -OCH3 is 1. The normalized spacial score (nSPS) is 12.0. The SMILES string of the molecule is CCCCC(C)c1c(CNC(=O)CC)cccc1OC. The van der Waals surface area contributed by atoms with Crippen LogP contribution in [0.15, 0.2) is 18.2 Å². The Labute approximate surface area is 122 Å². The van der Waals surface area contributed by atoms with Crippen LogP contribution < -0.4 is 10.1 Å². The Morgan fingerprint density at radius 2 is 2.10 bits per heavy atom. The first kappa shape index (κ1) is 16.5. The molecule has 1 atom stereocenters. The van der Waals surface area contributed by atoms with Gasteiger partial charge in [-0.25, -0.2) is 0 Å². The van der Waals surface area contributed by atoms with E-state index < -0.39 is 0 Å². The summed E-state index contributed by atoms with van der Waals surface area (Å²) in [7, 11) is 1.71. The van der Waals surface area contributed by atoms with E-state index in [1.165, 1.54) is 18.4 Å². The number of carbonyl (C=O) groups is 1. The van der Waals surface area contributed by atoms with E-state index in [0.717, 1.165) is 17.7 Å². The van der Waals surface area contributed by atoms with E-state index in [2.05, 4.69) is 25.2 Å². The van der Waals surface area contributed by atoms with Gasteiger partial charge >= 0.3 is 0 Å². The summed E-state index contributed by atoms with van der Waals surface area (Å²) in [5.41, 5.74) is 2.40. The van der Waals surface area contributed by atoms with Crippen molar-refractivity contribution in [1.82, 2.24) is 5.32 Å². The van der Waals surface area contributed by atoms with Crippen molar-refractivity contribution in [2.24, 2.45) is 0 Å². The Morgan fingerprint density at radius 3 is 2.70 bits per heavy atom. The van der Waals surface area contributed by atoms with Crippen molar-refractivity contribution in [2.75, 3.05) is 7.11 Å². The van der Waals surface area contributed by atoms with Crippen LogP contribution in [0.3, 0.4) is 0 Å². The van der Waals surface area contributed by atoms with Crippen molar-refractivity contribution < 1.29 is 9.53 Å². The van der Waals surface area contributed by atoms with Crippen LogP contribution in [0.25, 0.3) is 0 Å². The quantitative estimate of drug-likeness (QED) is 0.779. The van der Waals surface area contributed by atoms with Crippen molar-refractivity contribution in [3.63, 3.8) is 0 Å². The number of nitrogens with one attached hydrogen (secondary N) is 1. The average molecular weight is 277 g/mol. The molecular formula is C17H27NO2. The van der Waals surface area contributed by atoms with E-state index >= 15 is 0 Å². The molecule has 1 aromatic rings. The number of unbranched alkanes of at least 4 members (excludes halogenated alkanes) is 1. The highest BCUT2D eigenvalue weighted by Crippen LogP contribution is 2.33. The molecule has 0 saturated carbocycles. The van der Waals surface area contributed by atoms with Crippen molar-refractivity contribution in [2.45, 2.75) is 58.9 Å². The van der Waals surface area contributed by atoms with E-state index in [-0.39, 0.29) is 5.91 Å². The van der Waals surface area contributed by atoms with E-state index in [1.54, 1.807) is 7.11 Å². The van der Waals surface area contributed by atoms with Crippen LogP contribution in [0.5, 0.6) is 5.75 Å². The summed E-state index contributed by atoms with van der Waals surface area (Å²) in [6.07, 6.45) is 4.07. The molecule has 20 heavy (non-hydrogen) atoms. The van der Waals surface area contributed by atoms with Crippen LogP contribution in [-0.4, -0.2) is 13.0 Å². The average Bonchev–Trinajstić information content (AvgIpc) is 2.49. The van der Waals surface area contributed by atoms with Gasteiger partial charge in [0.15, 0.2) is 0 Å². The summed E-state index contributed by atoms with van der Waals surface area (Å²) < 4.78 is 5.51. The monoisotopic (exact) mass is 277 g/mol. The fraction of sp³-hybridized carbons (Fsp3) is 0.588. The van der Waals surface area contributed by atoms with Gasteiger partial charge in [0, 0.05) is 18.5 Å². The number of hydrogen-bond acceptors (Lipinski definition) is 2. The summed E-state index contributed by atoms with van der Waals surface area (Å²) in [5.74, 6) is 1.46. The largest absolute Gasteiger partial charge is 0.496 e. The minimum absolute atomic E-state index is 0.0833. The maximum absolute atomic E-state index is 11.5. The Kier molecular flexibility index (Phi) is 7.13. The second-order valence-corrected chi connectivity index (χ2v) is 5.21. The lowest BCUT2D eigenvalue weighted by molar-refractivity contribution is -0.120. The lowest BCUT2D eigenvalue weighted by Crippen LogP contribution is -2.22. The van der Waals surface area contributed by atoms with Crippen LogP contribution in [0.2, 0.25) is 0 Å². The Morgan fingerprint density at radius 1 is 1.35 bits per heavy atom. The molecule has 0 aromatic heterocycles. The highest BCUT2D eigenvalue weighted by molar-refractivity contribution is 5.75. The summed E-state index contributed by atoms with van der Waals surface area (Å²) in [6.45, 7) is 6.89. The molecule has 0 aliphatic heterocycles. The molecule has 0 saturated heterocycles. The summed E-state index contributed by atoms with van der Waals surface area (Å²) in [6, 6.07) is 6.07. The zero-order valence-electron chi connectivity index (χ0n) is 13.2. The zero-order chi connectivity index (χ0) is 15.0. The molecule has 1 N–H and O–H groups in total. The number of benzene rings is 1. The third kappa shape index (κ3) is 4.55. The van der Waals surface area contributed by atoms with Gasteiger partial charge in [0.2, 0.25) is 5.91 Å². The number of amides is 1. The predicted octanol–water partition coefficient (Wildman–Crippen LogP) is 4.02. The van der Waals surface area contributed by atoms with Gasteiger partial charge in [0.25, 0.3) is 0 Å². The molecule has 0 heterocycles. The Balaban J connectivity index is 2.94. The van der Waals surface area contributed by atoms with Crippen molar-refractivity contribution in [3.8, 4) is 5.75 Å². The Hall–Kier alpha value is -1.51. The first-order valence-electron chi connectivity index (χ1n) is 7.56. The van der Waals surface area contributed by atoms with Crippen LogP contribution in [0.4, 0.5) is 0 Å². The summed E-state index contributed by atoms with van der Waals surface area (Å²) >= 11 is 0. The summed E-state index contributed by atoms with van der Waals surface area (Å²) in [5, 5.41) is 2.96. The van der Waals surface area contributed by atoms with Crippen LogP contribution in [0.1, 0.15) is 63.5 Å². The molecule has 3 heteroatoms. The lowest BCUT2D eigenvalue weighted by Gasteiger charge is -2.20. The number of rotatable bonds is 8. The third-order valence-electron chi connectivity index (χ3n) is 3.66.